The monoisotopic (exact) mass is 577 g/mol. The second-order valence-corrected chi connectivity index (χ2v) is 12.4. The van der Waals surface area contributed by atoms with Crippen LogP contribution >= 0.6 is 0 Å². The first-order chi connectivity index (χ1) is 19.0. The molecule has 218 valence electrons. The summed E-state index contributed by atoms with van der Waals surface area (Å²) in [7, 11) is -4.12. The van der Waals surface area contributed by atoms with Crippen molar-refractivity contribution in [2.24, 2.45) is 11.8 Å². The quantitative estimate of drug-likeness (QED) is 0.286. The summed E-state index contributed by atoms with van der Waals surface area (Å²) in [4.78, 5) is 23.2. The van der Waals surface area contributed by atoms with Crippen molar-refractivity contribution in [3.63, 3.8) is 0 Å². The van der Waals surface area contributed by atoms with E-state index in [0.29, 0.717) is 13.0 Å². The van der Waals surface area contributed by atoms with Crippen molar-refractivity contribution in [1.82, 2.24) is 9.62 Å². The van der Waals surface area contributed by atoms with Crippen LogP contribution in [0.15, 0.2) is 59.5 Å². The van der Waals surface area contributed by atoms with Gasteiger partial charge in [-0.3, -0.25) is 10.1 Å². The second kappa shape index (κ2) is 13.0. The summed E-state index contributed by atoms with van der Waals surface area (Å²) in [6.07, 6.45) is -1.99. The van der Waals surface area contributed by atoms with E-state index in [1.54, 1.807) is 0 Å². The van der Waals surface area contributed by atoms with E-state index in [0.717, 1.165) is 22.0 Å². The Hall–Kier alpha value is -3.10. The van der Waals surface area contributed by atoms with Gasteiger partial charge in [-0.25, -0.2) is 13.2 Å². The van der Waals surface area contributed by atoms with Gasteiger partial charge in [-0.2, -0.15) is 4.31 Å². The fourth-order valence-electron chi connectivity index (χ4n) is 4.92. The summed E-state index contributed by atoms with van der Waals surface area (Å²) in [5.41, 5.74) is 0.595. The molecule has 13 heteroatoms. The number of carbonyl (C=O) groups is 1. The highest BCUT2D eigenvalue weighted by Crippen LogP contribution is 2.33. The Bertz CT molecular complexity index is 1260. The van der Waals surface area contributed by atoms with Crippen LogP contribution in [0.5, 0.6) is 0 Å². The zero-order valence-electron chi connectivity index (χ0n) is 22.4. The Morgan fingerprint density at radius 1 is 1.15 bits per heavy atom. The molecule has 2 saturated heterocycles. The third kappa shape index (κ3) is 7.34. The van der Waals surface area contributed by atoms with Crippen LogP contribution in [0.3, 0.4) is 0 Å². The lowest BCUT2D eigenvalue weighted by Gasteiger charge is -2.31. The van der Waals surface area contributed by atoms with Crippen LogP contribution in [-0.4, -0.2) is 79.7 Å². The molecule has 0 radical (unpaired) electrons. The van der Waals surface area contributed by atoms with Gasteiger partial charge in [-0.05, 0) is 36.5 Å². The van der Waals surface area contributed by atoms with Crippen LogP contribution in [0.2, 0.25) is 0 Å². The number of carbonyl (C=O) groups excluding carboxylic acids is 1. The number of aliphatic hydroxyl groups excluding tert-OH is 1. The number of aliphatic hydroxyl groups is 1. The Labute approximate surface area is 233 Å². The van der Waals surface area contributed by atoms with Gasteiger partial charge in [-0.15, -0.1) is 0 Å². The number of hydrogen-bond acceptors (Lipinski definition) is 9. The minimum atomic E-state index is -4.12. The number of nitro benzene ring substituents is 1. The lowest BCUT2D eigenvalue weighted by molar-refractivity contribution is -0.384. The number of non-ortho nitro benzene ring substituents is 1. The van der Waals surface area contributed by atoms with Gasteiger partial charge in [0.1, 0.15) is 6.10 Å². The standard InChI is InChI=1S/C27H35N3O9S/c1-18(2)15-29(40(35,36)21-10-8-20(9-11-21)30(33)34)16-24(31)23(14-19-6-4-3-5-7-19)28-27(32)39-25-17-38-26-22(25)12-13-37-26/h3-11,18,22-26,31H,12-17H2,1-2H3,(H,28,32)/t22-,23-,24+,25-,26+/m0/s1. The zero-order valence-corrected chi connectivity index (χ0v) is 23.2. The highest BCUT2D eigenvalue weighted by molar-refractivity contribution is 7.89. The number of benzene rings is 2. The van der Waals surface area contributed by atoms with E-state index in [1.807, 2.05) is 44.2 Å². The molecular weight excluding hydrogens is 542 g/mol. The second-order valence-electron chi connectivity index (χ2n) is 10.4. The van der Waals surface area contributed by atoms with E-state index >= 15 is 0 Å². The van der Waals surface area contributed by atoms with Gasteiger partial charge in [0.2, 0.25) is 10.0 Å². The molecule has 0 aromatic heterocycles. The zero-order chi connectivity index (χ0) is 28.9. The number of nitrogens with one attached hydrogen (secondary N) is 1. The maximum absolute atomic E-state index is 13.5. The van der Waals surface area contributed by atoms with E-state index in [4.69, 9.17) is 14.2 Å². The molecule has 4 rings (SSSR count). The number of fused-ring (bicyclic) bond motifs is 1. The van der Waals surface area contributed by atoms with Crippen LogP contribution in [-0.2, 0) is 30.7 Å². The third-order valence-corrected chi connectivity index (χ3v) is 8.80. The number of ether oxygens (including phenoxy) is 3. The van der Waals surface area contributed by atoms with E-state index in [9.17, 15) is 28.4 Å². The fraction of sp³-hybridized carbons (Fsp3) is 0.519. The summed E-state index contributed by atoms with van der Waals surface area (Å²) in [5.74, 6) is -0.147. The highest BCUT2D eigenvalue weighted by atomic mass is 32.2. The molecule has 1 amide bonds. The molecule has 0 spiro atoms. The number of alkyl carbamates (subject to hydrolysis) is 1. The van der Waals surface area contributed by atoms with Crippen LogP contribution in [0.4, 0.5) is 10.5 Å². The first-order valence-electron chi connectivity index (χ1n) is 13.2. The first-order valence-corrected chi connectivity index (χ1v) is 14.7. The lowest BCUT2D eigenvalue weighted by atomic mass is 10.0. The maximum atomic E-state index is 13.5. The summed E-state index contributed by atoms with van der Waals surface area (Å²) in [6.45, 7) is 4.18. The molecule has 2 N–H and O–H groups in total. The van der Waals surface area contributed by atoms with Crippen molar-refractivity contribution < 1.29 is 37.5 Å². The molecule has 2 aromatic carbocycles. The smallest absolute Gasteiger partial charge is 0.407 e. The van der Waals surface area contributed by atoms with Gasteiger partial charge in [0.15, 0.2) is 6.29 Å². The molecule has 5 atom stereocenters. The van der Waals surface area contributed by atoms with Crippen LogP contribution < -0.4 is 5.32 Å². The minimum Gasteiger partial charge on any atom is -0.443 e. The lowest BCUT2D eigenvalue weighted by Crippen LogP contribution is -2.51. The molecule has 0 aliphatic carbocycles. The number of hydrogen-bond donors (Lipinski definition) is 2. The number of amides is 1. The first kappa shape index (κ1) is 29.9. The van der Waals surface area contributed by atoms with Gasteiger partial charge in [-0.1, -0.05) is 44.2 Å². The Morgan fingerprint density at radius 3 is 2.50 bits per heavy atom. The van der Waals surface area contributed by atoms with Gasteiger partial charge in [0.05, 0.1) is 41.1 Å². The molecule has 0 saturated carbocycles. The predicted octanol–water partition coefficient (Wildman–Crippen LogP) is 2.70. The average Bonchev–Trinajstić information content (AvgIpc) is 3.53. The molecule has 2 aliphatic heterocycles. The van der Waals surface area contributed by atoms with Crippen molar-refractivity contribution >= 4 is 21.8 Å². The van der Waals surface area contributed by atoms with E-state index in [-0.39, 0.29) is 48.5 Å². The van der Waals surface area contributed by atoms with Gasteiger partial charge in [0, 0.05) is 25.2 Å². The number of nitrogens with zero attached hydrogens (tertiary/aromatic N) is 2. The largest absolute Gasteiger partial charge is 0.443 e. The van der Waals surface area contributed by atoms with Gasteiger partial charge < -0.3 is 24.6 Å². The number of rotatable bonds is 12. The molecule has 0 unspecified atom stereocenters. The average molecular weight is 578 g/mol. The number of nitro groups is 1. The third-order valence-electron chi connectivity index (χ3n) is 6.95. The van der Waals surface area contributed by atoms with Gasteiger partial charge in [0.25, 0.3) is 5.69 Å². The Balaban J connectivity index is 1.51. The van der Waals surface area contributed by atoms with E-state index in [2.05, 4.69) is 5.32 Å². The molecule has 40 heavy (non-hydrogen) atoms. The summed E-state index contributed by atoms with van der Waals surface area (Å²) < 4.78 is 44.8. The molecule has 2 aliphatic rings. The number of sulfonamides is 1. The van der Waals surface area contributed by atoms with E-state index in [1.165, 1.54) is 12.1 Å². The summed E-state index contributed by atoms with van der Waals surface area (Å²) in [5, 5.41) is 25.1. The fourth-order valence-corrected chi connectivity index (χ4v) is 6.55. The van der Waals surface area contributed by atoms with Crippen molar-refractivity contribution in [2.45, 2.75) is 56.1 Å². The Morgan fingerprint density at radius 2 is 1.85 bits per heavy atom. The van der Waals surface area contributed by atoms with Crippen LogP contribution in [0.1, 0.15) is 25.8 Å². The minimum absolute atomic E-state index is 0.0587. The summed E-state index contributed by atoms with van der Waals surface area (Å²) >= 11 is 0. The maximum Gasteiger partial charge on any atom is 0.407 e. The van der Waals surface area contributed by atoms with Crippen molar-refractivity contribution in [1.29, 1.82) is 0 Å². The van der Waals surface area contributed by atoms with Crippen molar-refractivity contribution in [2.75, 3.05) is 26.3 Å². The highest BCUT2D eigenvalue weighted by Gasteiger charge is 2.44. The Kier molecular flexibility index (Phi) is 9.74. The van der Waals surface area contributed by atoms with Crippen LogP contribution in [0, 0.1) is 22.0 Å². The topological polar surface area (TPSA) is 158 Å². The molecule has 2 fully saturated rings. The molecule has 2 heterocycles. The SMILES string of the molecule is CC(C)CN(C[C@@H](O)[C@H](Cc1ccccc1)NC(=O)O[C@H]1CO[C@H]2OCC[C@H]21)S(=O)(=O)c1ccc([N+](=O)[O-])cc1. The molecule has 2 aromatic rings. The van der Waals surface area contributed by atoms with Crippen molar-refractivity contribution in [3.8, 4) is 0 Å². The molecule has 0 bridgehead atoms. The predicted molar refractivity (Wildman–Crippen MR) is 144 cm³/mol. The summed E-state index contributed by atoms with van der Waals surface area (Å²) in [6, 6.07) is 12.9. The van der Waals surface area contributed by atoms with Crippen molar-refractivity contribution in [3.05, 3.63) is 70.3 Å². The van der Waals surface area contributed by atoms with Gasteiger partial charge >= 0.3 is 6.09 Å². The molecular formula is C27H35N3O9S. The molecule has 12 nitrogen and oxygen atoms in total. The van der Waals surface area contributed by atoms with E-state index < -0.39 is 45.6 Å². The van der Waals surface area contributed by atoms with Crippen LogP contribution in [0.25, 0.3) is 0 Å². The normalized spacial score (nSPS) is 22.2.